The van der Waals surface area contributed by atoms with Crippen molar-refractivity contribution in [2.45, 2.75) is 43.9 Å². The van der Waals surface area contributed by atoms with E-state index >= 15 is 0 Å². The molecule has 1 rings (SSSR count). The number of hydrogen-bond donors (Lipinski definition) is 3. The van der Waals surface area contributed by atoms with E-state index in [2.05, 4.69) is 5.32 Å². The first-order valence-electron chi connectivity index (χ1n) is 10.3. The summed E-state index contributed by atoms with van der Waals surface area (Å²) in [6, 6.07) is 5.99. The van der Waals surface area contributed by atoms with Crippen molar-refractivity contribution in [2.75, 3.05) is 39.5 Å². The first-order chi connectivity index (χ1) is 14.1. The van der Waals surface area contributed by atoms with Crippen molar-refractivity contribution in [3.8, 4) is 0 Å². The maximum Gasteiger partial charge on any atom is 0.294 e. The molecule has 0 radical (unpaired) electrons. The lowest BCUT2D eigenvalue weighted by Gasteiger charge is -2.30. The van der Waals surface area contributed by atoms with Crippen molar-refractivity contribution in [1.82, 2.24) is 5.32 Å². The second-order valence-corrected chi connectivity index (χ2v) is 11.6. The van der Waals surface area contributed by atoms with Crippen molar-refractivity contribution in [3.05, 3.63) is 29.8 Å². The predicted octanol–water partition coefficient (Wildman–Crippen LogP) is 1.92. The SMILES string of the molecule is CCC(CC(C)c1ccc(S(=O)(=O)O)cc1)C(=O)NCC[N+](C)(C)CCCS(=O)(=O)O. The molecule has 0 bridgehead atoms. The minimum atomic E-state index is -4.23. The summed E-state index contributed by atoms with van der Waals surface area (Å²) in [5.74, 6) is -0.505. The lowest BCUT2D eigenvalue weighted by Crippen LogP contribution is -2.47. The van der Waals surface area contributed by atoms with Crippen molar-refractivity contribution < 1.29 is 35.2 Å². The first-order valence-corrected chi connectivity index (χ1v) is 13.3. The minimum absolute atomic E-state index is 0.0267. The Kier molecular flexibility index (Phi) is 10.1. The van der Waals surface area contributed by atoms with Crippen LogP contribution < -0.4 is 5.32 Å². The van der Waals surface area contributed by atoms with Crippen LogP contribution >= 0.6 is 0 Å². The lowest BCUT2D eigenvalue weighted by atomic mass is 9.88. The first kappa shape index (κ1) is 27.5. The Morgan fingerprint density at radius 2 is 1.65 bits per heavy atom. The quantitative estimate of drug-likeness (QED) is 0.290. The van der Waals surface area contributed by atoms with Crippen molar-refractivity contribution in [1.29, 1.82) is 0 Å². The second-order valence-electron chi connectivity index (χ2n) is 8.60. The standard InChI is InChI=1S/C20H34N2O7S2/c1-5-17(15-16(2)18-7-9-19(10-8-18)31(27,28)29)20(23)21-11-13-22(3,4)12-6-14-30(24,25)26/h7-10,16-17H,5-6,11-15H2,1-4H3,(H2-,21,23,24,25,26,27,28,29)/p+1. The Balaban J connectivity index is 2.55. The van der Waals surface area contributed by atoms with Crippen LogP contribution in [0.4, 0.5) is 0 Å². The number of benzene rings is 1. The van der Waals surface area contributed by atoms with Gasteiger partial charge in [0.05, 0.1) is 44.4 Å². The number of amides is 1. The van der Waals surface area contributed by atoms with Crippen molar-refractivity contribution >= 4 is 26.1 Å². The fraction of sp³-hybridized carbons (Fsp3) is 0.650. The third-order valence-corrected chi connectivity index (χ3v) is 7.10. The largest absolute Gasteiger partial charge is 0.350 e. The highest BCUT2D eigenvalue weighted by Gasteiger charge is 2.22. The predicted molar refractivity (Wildman–Crippen MR) is 119 cm³/mol. The second kappa shape index (κ2) is 11.4. The van der Waals surface area contributed by atoms with Crippen LogP contribution in [0.25, 0.3) is 0 Å². The van der Waals surface area contributed by atoms with Gasteiger partial charge in [0.15, 0.2) is 0 Å². The third-order valence-electron chi connectivity index (χ3n) is 5.43. The zero-order chi connectivity index (χ0) is 23.9. The van der Waals surface area contributed by atoms with Gasteiger partial charge in [0.2, 0.25) is 5.91 Å². The number of likely N-dealkylation sites (N-methyl/N-ethyl adjacent to an activating group) is 1. The van der Waals surface area contributed by atoms with Gasteiger partial charge in [-0.3, -0.25) is 13.9 Å². The van der Waals surface area contributed by atoms with Gasteiger partial charge in [-0.1, -0.05) is 26.0 Å². The molecule has 2 atom stereocenters. The van der Waals surface area contributed by atoms with Gasteiger partial charge in [0, 0.05) is 12.3 Å². The van der Waals surface area contributed by atoms with E-state index in [1.54, 1.807) is 12.1 Å². The van der Waals surface area contributed by atoms with Crippen LogP contribution in [0.1, 0.15) is 44.6 Å². The van der Waals surface area contributed by atoms with Gasteiger partial charge in [0.1, 0.15) is 0 Å². The molecule has 31 heavy (non-hydrogen) atoms. The molecule has 178 valence electrons. The molecule has 0 aliphatic rings. The molecule has 1 aromatic rings. The van der Waals surface area contributed by atoms with Crippen LogP contribution in [0, 0.1) is 5.92 Å². The molecule has 9 nitrogen and oxygen atoms in total. The molecular formula is C20H35N2O7S2+. The molecule has 0 saturated carbocycles. The molecule has 0 heterocycles. The molecule has 2 unspecified atom stereocenters. The number of nitrogens with one attached hydrogen (secondary N) is 1. The van der Waals surface area contributed by atoms with Gasteiger partial charge in [-0.05, 0) is 36.5 Å². The smallest absolute Gasteiger partial charge is 0.294 e. The van der Waals surface area contributed by atoms with Crippen LogP contribution in [0.2, 0.25) is 0 Å². The van der Waals surface area contributed by atoms with Crippen LogP contribution in [-0.2, 0) is 25.0 Å². The number of quaternary nitrogens is 1. The number of carbonyl (C=O) groups is 1. The number of nitrogens with zero attached hydrogens (tertiary/aromatic N) is 1. The topological polar surface area (TPSA) is 138 Å². The summed E-state index contributed by atoms with van der Waals surface area (Å²) in [6.45, 7) is 5.54. The Morgan fingerprint density at radius 3 is 2.13 bits per heavy atom. The number of rotatable bonds is 13. The molecule has 0 spiro atoms. The highest BCUT2D eigenvalue weighted by atomic mass is 32.2. The van der Waals surface area contributed by atoms with E-state index in [9.17, 15) is 21.6 Å². The maximum atomic E-state index is 12.6. The third kappa shape index (κ3) is 10.6. The van der Waals surface area contributed by atoms with Gasteiger partial charge in [-0.15, -0.1) is 0 Å². The Hall–Kier alpha value is -1.53. The molecule has 1 amide bonds. The van der Waals surface area contributed by atoms with Crippen LogP contribution in [0.15, 0.2) is 29.2 Å². The van der Waals surface area contributed by atoms with E-state index in [-0.39, 0.29) is 28.4 Å². The summed E-state index contributed by atoms with van der Waals surface area (Å²) < 4.78 is 62.4. The Morgan fingerprint density at radius 1 is 1.06 bits per heavy atom. The molecule has 0 aromatic heterocycles. The molecule has 0 aliphatic heterocycles. The fourth-order valence-corrected chi connectivity index (χ4v) is 4.38. The normalized spacial score (nSPS) is 14.8. The maximum absolute atomic E-state index is 12.6. The van der Waals surface area contributed by atoms with Gasteiger partial charge >= 0.3 is 0 Å². The highest BCUT2D eigenvalue weighted by Crippen LogP contribution is 2.26. The zero-order valence-corrected chi connectivity index (χ0v) is 20.2. The van der Waals surface area contributed by atoms with E-state index < -0.39 is 20.2 Å². The van der Waals surface area contributed by atoms with Crippen LogP contribution in [0.3, 0.4) is 0 Å². The van der Waals surface area contributed by atoms with E-state index in [1.165, 1.54) is 12.1 Å². The van der Waals surface area contributed by atoms with Crippen molar-refractivity contribution in [3.63, 3.8) is 0 Å². The number of carbonyl (C=O) groups excluding carboxylic acids is 1. The molecule has 0 saturated heterocycles. The molecule has 0 fully saturated rings. The molecule has 11 heteroatoms. The summed E-state index contributed by atoms with van der Waals surface area (Å²) in [5, 5.41) is 2.95. The Bertz CT molecular complexity index is 927. The lowest BCUT2D eigenvalue weighted by molar-refractivity contribution is -0.889. The molecular weight excluding hydrogens is 444 g/mol. The number of hydrogen-bond acceptors (Lipinski definition) is 5. The molecule has 3 N–H and O–H groups in total. The van der Waals surface area contributed by atoms with Gasteiger partial charge in [-0.25, -0.2) is 0 Å². The molecule has 0 aliphatic carbocycles. The van der Waals surface area contributed by atoms with Gasteiger partial charge in [0.25, 0.3) is 20.2 Å². The summed E-state index contributed by atoms with van der Waals surface area (Å²) in [7, 11) is -4.32. The Labute approximate surface area is 185 Å². The fourth-order valence-electron chi connectivity index (χ4n) is 3.40. The minimum Gasteiger partial charge on any atom is -0.350 e. The summed E-state index contributed by atoms with van der Waals surface area (Å²) >= 11 is 0. The average molecular weight is 480 g/mol. The summed E-state index contributed by atoms with van der Waals surface area (Å²) in [5.41, 5.74) is 0.885. The molecule has 1 aromatic carbocycles. The summed E-state index contributed by atoms with van der Waals surface area (Å²) in [4.78, 5) is 12.5. The monoisotopic (exact) mass is 479 g/mol. The van der Waals surface area contributed by atoms with E-state index in [4.69, 9.17) is 9.11 Å². The van der Waals surface area contributed by atoms with Crippen molar-refractivity contribution in [2.24, 2.45) is 5.92 Å². The van der Waals surface area contributed by atoms with E-state index in [0.29, 0.717) is 43.4 Å². The summed E-state index contributed by atoms with van der Waals surface area (Å²) in [6.07, 6.45) is 1.59. The zero-order valence-electron chi connectivity index (χ0n) is 18.6. The van der Waals surface area contributed by atoms with Crippen LogP contribution in [-0.4, -0.2) is 75.8 Å². The van der Waals surface area contributed by atoms with E-state index in [0.717, 1.165) is 5.56 Å². The van der Waals surface area contributed by atoms with E-state index in [1.807, 2.05) is 27.9 Å². The van der Waals surface area contributed by atoms with Crippen LogP contribution in [0.5, 0.6) is 0 Å². The average Bonchev–Trinajstić information content (AvgIpc) is 2.63. The van der Waals surface area contributed by atoms with Gasteiger partial charge in [-0.2, -0.15) is 16.8 Å². The van der Waals surface area contributed by atoms with Gasteiger partial charge < -0.3 is 9.80 Å². The highest BCUT2D eigenvalue weighted by molar-refractivity contribution is 7.86.